The summed E-state index contributed by atoms with van der Waals surface area (Å²) < 4.78 is 5.65. The van der Waals surface area contributed by atoms with Crippen LogP contribution >= 0.6 is 0 Å². The van der Waals surface area contributed by atoms with Crippen LogP contribution in [0.5, 0.6) is 5.88 Å². The molecule has 74 valence electrons. The van der Waals surface area contributed by atoms with Crippen LogP contribution in [0.4, 0.5) is 0 Å². The lowest BCUT2D eigenvalue weighted by Gasteiger charge is -2.31. The predicted octanol–water partition coefficient (Wildman–Crippen LogP) is 1.82. The van der Waals surface area contributed by atoms with Gasteiger partial charge in [0.2, 0.25) is 5.88 Å². The first kappa shape index (κ1) is 8.99. The van der Waals surface area contributed by atoms with E-state index >= 15 is 0 Å². The highest BCUT2D eigenvalue weighted by Crippen LogP contribution is 2.30. The molecule has 2 heterocycles. The molecule has 0 saturated carbocycles. The largest absolute Gasteiger partial charge is 0.471 e. The Morgan fingerprint density at radius 3 is 3.07 bits per heavy atom. The fraction of sp³-hybridized carbons (Fsp3) is 0.400. The van der Waals surface area contributed by atoms with E-state index in [4.69, 9.17) is 9.94 Å². The van der Waals surface area contributed by atoms with Crippen LogP contribution in [-0.2, 0) is 0 Å². The van der Waals surface area contributed by atoms with Crippen molar-refractivity contribution in [3.63, 3.8) is 0 Å². The Morgan fingerprint density at radius 1 is 1.57 bits per heavy atom. The van der Waals surface area contributed by atoms with E-state index < -0.39 is 0 Å². The normalized spacial score (nSPS) is 21.4. The Balaban J connectivity index is 2.52. The molecule has 0 saturated heterocycles. The minimum atomic E-state index is -0.358. The third kappa shape index (κ3) is 1.43. The molecule has 1 aliphatic heterocycles. The fourth-order valence-electron chi connectivity index (χ4n) is 1.58. The van der Waals surface area contributed by atoms with Crippen molar-refractivity contribution in [2.45, 2.75) is 25.9 Å². The Labute approximate surface area is 82.2 Å². The van der Waals surface area contributed by atoms with Crippen molar-refractivity contribution >= 4 is 5.71 Å². The summed E-state index contributed by atoms with van der Waals surface area (Å²) in [6.07, 6.45) is 2.25. The van der Waals surface area contributed by atoms with Gasteiger partial charge in [0.15, 0.2) is 0 Å². The maximum Gasteiger partial charge on any atom is 0.223 e. The van der Waals surface area contributed by atoms with Gasteiger partial charge in [-0.3, -0.25) is 0 Å². The quantitative estimate of drug-likeness (QED) is 0.504. The van der Waals surface area contributed by atoms with Gasteiger partial charge in [0, 0.05) is 12.6 Å². The molecule has 2 rings (SSSR count). The third-order valence-corrected chi connectivity index (χ3v) is 2.17. The lowest BCUT2D eigenvalue weighted by molar-refractivity contribution is 0.103. The smallest absolute Gasteiger partial charge is 0.223 e. The van der Waals surface area contributed by atoms with Crippen molar-refractivity contribution in [1.82, 2.24) is 4.98 Å². The molecular formula is C10H12N2O2. The summed E-state index contributed by atoms with van der Waals surface area (Å²) in [4.78, 5) is 4.10. The molecule has 14 heavy (non-hydrogen) atoms. The minimum Gasteiger partial charge on any atom is -0.471 e. The van der Waals surface area contributed by atoms with Gasteiger partial charge >= 0.3 is 0 Å². The first-order valence-electron chi connectivity index (χ1n) is 4.48. The van der Waals surface area contributed by atoms with Crippen molar-refractivity contribution in [2.24, 2.45) is 5.16 Å². The van der Waals surface area contributed by atoms with Gasteiger partial charge in [0.1, 0.15) is 5.60 Å². The maximum absolute atomic E-state index is 8.87. The van der Waals surface area contributed by atoms with E-state index in [1.54, 1.807) is 12.3 Å². The molecule has 4 heteroatoms. The number of fused-ring (bicyclic) bond motifs is 1. The maximum atomic E-state index is 8.87. The molecule has 0 unspecified atom stereocenters. The zero-order valence-corrected chi connectivity index (χ0v) is 8.19. The van der Waals surface area contributed by atoms with Crippen molar-refractivity contribution < 1.29 is 9.94 Å². The lowest BCUT2D eigenvalue weighted by Crippen LogP contribution is -2.36. The molecule has 0 atom stereocenters. The second-order valence-electron chi connectivity index (χ2n) is 3.94. The zero-order chi connectivity index (χ0) is 10.2. The fourth-order valence-corrected chi connectivity index (χ4v) is 1.58. The van der Waals surface area contributed by atoms with Crippen LogP contribution in [0.2, 0.25) is 0 Å². The number of ether oxygens (including phenoxy) is 1. The summed E-state index contributed by atoms with van der Waals surface area (Å²) >= 11 is 0. The highest BCUT2D eigenvalue weighted by molar-refractivity contribution is 6.03. The van der Waals surface area contributed by atoms with Crippen LogP contribution in [-0.4, -0.2) is 21.5 Å². The molecule has 0 radical (unpaired) electrons. The monoisotopic (exact) mass is 192 g/mol. The van der Waals surface area contributed by atoms with Gasteiger partial charge in [0.05, 0.1) is 11.3 Å². The van der Waals surface area contributed by atoms with E-state index in [0.717, 1.165) is 5.56 Å². The van der Waals surface area contributed by atoms with Crippen LogP contribution in [0.15, 0.2) is 23.5 Å². The second-order valence-corrected chi connectivity index (χ2v) is 3.94. The van der Waals surface area contributed by atoms with Gasteiger partial charge in [-0.2, -0.15) is 0 Å². The molecule has 0 aliphatic carbocycles. The predicted molar refractivity (Wildman–Crippen MR) is 51.9 cm³/mol. The lowest BCUT2D eigenvalue weighted by atomic mass is 9.94. The van der Waals surface area contributed by atoms with E-state index in [-0.39, 0.29) is 5.60 Å². The van der Waals surface area contributed by atoms with E-state index in [1.807, 2.05) is 19.9 Å². The summed E-state index contributed by atoms with van der Waals surface area (Å²) in [6, 6.07) is 3.64. The number of rotatable bonds is 0. The standard InChI is InChI=1S/C10H12N2O2/c1-10(2)6-8(12-13)7-4-3-5-11-9(7)14-10/h3-5,13H,6H2,1-2H3/b12-8+. The summed E-state index contributed by atoms with van der Waals surface area (Å²) in [5.41, 5.74) is 1.04. The molecule has 0 bridgehead atoms. The van der Waals surface area contributed by atoms with Crippen molar-refractivity contribution in [3.05, 3.63) is 23.9 Å². The summed E-state index contributed by atoms with van der Waals surface area (Å²) in [6.45, 7) is 3.88. The Bertz CT molecular complexity index is 385. The first-order chi connectivity index (χ1) is 6.62. The molecule has 0 spiro atoms. The molecule has 1 aliphatic rings. The van der Waals surface area contributed by atoms with Gasteiger partial charge in [-0.25, -0.2) is 4.98 Å². The number of nitrogens with zero attached hydrogens (tertiary/aromatic N) is 2. The first-order valence-corrected chi connectivity index (χ1v) is 4.48. The number of oxime groups is 1. The van der Waals surface area contributed by atoms with E-state index in [9.17, 15) is 0 Å². The Morgan fingerprint density at radius 2 is 2.36 bits per heavy atom. The summed E-state index contributed by atoms with van der Waals surface area (Å²) in [5.74, 6) is 0.538. The summed E-state index contributed by atoms with van der Waals surface area (Å²) in [5, 5.41) is 12.2. The van der Waals surface area contributed by atoms with E-state index in [1.165, 1.54) is 0 Å². The molecule has 0 aromatic carbocycles. The number of hydrogen-bond acceptors (Lipinski definition) is 4. The Kier molecular flexibility index (Phi) is 1.91. The highest BCUT2D eigenvalue weighted by Gasteiger charge is 2.32. The topological polar surface area (TPSA) is 54.7 Å². The molecule has 1 aromatic rings. The van der Waals surface area contributed by atoms with Gasteiger partial charge in [0.25, 0.3) is 0 Å². The molecule has 0 fully saturated rings. The molecule has 0 amide bonds. The molecule has 4 nitrogen and oxygen atoms in total. The minimum absolute atomic E-state index is 0.358. The van der Waals surface area contributed by atoms with E-state index in [2.05, 4.69) is 10.1 Å². The number of pyridine rings is 1. The van der Waals surface area contributed by atoms with Crippen molar-refractivity contribution in [2.75, 3.05) is 0 Å². The van der Waals surface area contributed by atoms with Crippen LogP contribution in [0.1, 0.15) is 25.8 Å². The van der Waals surface area contributed by atoms with Gasteiger partial charge in [-0.1, -0.05) is 5.16 Å². The van der Waals surface area contributed by atoms with Gasteiger partial charge < -0.3 is 9.94 Å². The van der Waals surface area contributed by atoms with Crippen molar-refractivity contribution in [1.29, 1.82) is 0 Å². The van der Waals surface area contributed by atoms with E-state index in [0.29, 0.717) is 18.0 Å². The average molecular weight is 192 g/mol. The van der Waals surface area contributed by atoms with Crippen molar-refractivity contribution in [3.8, 4) is 5.88 Å². The number of hydrogen-bond donors (Lipinski definition) is 1. The van der Waals surface area contributed by atoms with Gasteiger partial charge in [-0.05, 0) is 26.0 Å². The Hall–Kier alpha value is -1.58. The molecule has 1 aromatic heterocycles. The van der Waals surface area contributed by atoms with Crippen LogP contribution < -0.4 is 4.74 Å². The zero-order valence-electron chi connectivity index (χ0n) is 8.19. The highest BCUT2D eigenvalue weighted by atomic mass is 16.5. The van der Waals surface area contributed by atoms with Gasteiger partial charge in [-0.15, -0.1) is 0 Å². The molecular weight excluding hydrogens is 180 g/mol. The van der Waals surface area contributed by atoms with Crippen LogP contribution in [0.25, 0.3) is 0 Å². The van der Waals surface area contributed by atoms with Crippen LogP contribution in [0.3, 0.4) is 0 Å². The SMILES string of the molecule is CC1(C)C/C(=N\O)c2cccnc2O1. The average Bonchev–Trinajstić information content (AvgIpc) is 2.15. The summed E-state index contributed by atoms with van der Waals surface area (Å²) in [7, 11) is 0. The third-order valence-electron chi connectivity index (χ3n) is 2.17. The van der Waals surface area contributed by atoms with Crippen LogP contribution in [0, 0.1) is 0 Å². The number of aromatic nitrogens is 1. The second kappa shape index (κ2) is 2.97. The molecule has 1 N–H and O–H groups in total.